The van der Waals surface area contributed by atoms with Crippen LogP contribution in [0.4, 0.5) is 0 Å². The lowest BCUT2D eigenvalue weighted by atomic mass is 10.0. The summed E-state index contributed by atoms with van der Waals surface area (Å²) in [6, 6.07) is 6.58. The summed E-state index contributed by atoms with van der Waals surface area (Å²) in [4.78, 5) is 38.8. The predicted molar refractivity (Wildman–Crippen MR) is 80.3 cm³/mol. The summed E-state index contributed by atoms with van der Waals surface area (Å²) in [5, 5.41) is 0. The second-order valence-electron chi connectivity index (χ2n) is 5.49. The van der Waals surface area contributed by atoms with Crippen molar-refractivity contribution in [1.82, 2.24) is 9.80 Å². The Balaban J connectivity index is 2.21. The summed E-state index contributed by atoms with van der Waals surface area (Å²) < 4.78 is 5.10. The molecule has 1 aromatic rings. The number of benzene rings is 1. The summed E-state index contributed by atoms with van der Waals surface area (Å²) in [7, 11) is 3.17. The van der Waals surface area contributed by atoms with Crippen LogP contribution in [0.2, 0.25) is 0 Å². The van der Waals surface area contributed by atoms with Crippen molar-refractivity contribution in [3.05, 3.63) is 29.8 Å². The maximum absolute atomic E-state index is 12.3. The van der Waals surface area contributed by atoms with E-state index in [1.165, 1.54) is 16.7 Å². The predicted octanol–water partition coefficient (Wildman–Crippen LogP) is 0.843. The van der Waals surface area contributed by atoms with Crippen LogP contribution in [0.5, 0.6) is 5.75 Å². The molecule has 1 heterocycles. The molecule has 1 aliphatic rings. The summed E-state index contributed by atoms with van der Waals surface area (Å²) in [5.74, 6) is 0.276. The Hall–Kier alpha value is -2.37. The van der Waals surface area contributed by atoms with E-state index in [1.54, 1.807) is 26.3 Å². The summed E-state index contributed by atoms with van der Waals surface area (Å²) in [5.41, 5.74) is 0.889. The number of likely N-dealkylation sites (N-methyl/N-ethyl adjacent to an activating group) is 1. The van der Waals surface area contributed by atoms with Gasteiger partial charge in [-0.2, -0.15) is 0 Å². The number of amides is 2. The standard InChI is InChI=1S/C16H20N2O4/c1-11(19)8-14-16(21)17(2)10-15(20)18(14)9-12-4-6-13(22-3)7-5-12/h4-7,14H,8-10H2,1-3H3. The first-order chi connectivity index (χ1) is 10.4. The molecule has 1 fully saturated rings. The third-order valence-electron chi connectivity index (χ3n) is 3.72. The van der Waals surface area contributed by atoms with Crippen molar-refractivity contribution in [2.24, 2.45) is 0 Å². The van der Waals surface area contributed by atoms with Crippen LogP contribution in [0.15, 0.2) is 24.3 Å². The molecule has 0 bridgehead atoms. The molecular weight excluding hydrogens is 284 g/mol. The van der Waals surface area contributed by atoms with Crippen LogP contribution >= 0.6 is 0 Å². The SMILES string of the molecule is COc1ccc(CN2C(=O)CN(C)C(=O)C2CC(C)=O)cc1. The normalized spacial score (nSPS) is 18.6. The number of carbonyl (C=O) groups excluding carboxylic acids is 3. The Morgan fingerprint density at radius 2 is 1.91 bits per heavy atom. The Morgan fingerprint density at radius 1 is 1.27 bits per heavy atom. The van der Waals surface area contributed by atoms with Crippen molar-refractivity contribution in [3.8, 4) is 5.75 Å². The molecule has 0 radical (unpaired) electrons. The van der Waals surface area contributed by atoms with Gasteiger partial charge in [0.1, 0.15) is 17.6 Å². The van der Waals surface area contributed by atoms with E-state index >= 15 is 0 Å². The fourth-order valence-corrected chi connectivity index (χ4v) is 2.53. The van der Waals surface area contributed by atoms with Gasteiger partial charge in [0, 0.05) is 20.0 Å². The van der Waals surface area contributed by atoms with Gasteiger partial charge in [-0.05, 0) is 24.6 Å². The smallest absolute Gasteiger partial charge is 0.246 e. The molecule has 0 aliphatic carbocycles. The second kappa shape index (κ2) is 6.60. The number of hydrogen-bond donors (Lipinski definition) is 0. The van der Waals surface area contributed by atoms with Gasteiger partial charge < -0.3 is 14.5 Å². The van der Waals surface area contributed by atoms with Gasteiger partial charge in [-0.3, -0.25) is 14.4 Å². The van der Waals surface area contributed by atoms with E-state index < -0.39 is 6.04 Å². The van der Waals surface area contributed by atoms with Crippen molar-refractivity contribution >= 4 is 17.6 Å². The number of nitrogens with zero attached hydrogens (tertiary/aromatic N) is 2. The van der Waals surface area contributed by atoms with Gasteiger partial charge >= 0.3 is 0 Å². The van der Waals surface area contributed by atoms with Gasteiger partial charge in [-0.15, -0.1) is 0 Å². The van der Waals surface area contributed by atoms with Gasteiger partial charge in [-0.25, -0.2) is 0 Å². The summed E-state index contributed by atoms with van der Waals surface area (Å²) in [6.45, 7) is 1.78. The molecule has 6 nitrogen and oxygen atoms in total. The van der Waals surface area contributed by atoms with E-state index in [4.69, 9.17) is 4.74 Å². The fourth-order valence-electron chi connectivity index (χ4n) is 2.53. The number of ether oxygens (including phenoxy) is 1. The van der Waals surface area contributed by atoms with Crippen molar-refractivity contribution < 1.29 is 19.1 Å². The highest BCUT2D eigenvalue weighted by atomic mass is 16.5. The summed E-state index contributed by atoms with van der Waals surface area (Å²) in [6.07, 6.45) is 0.0467. The zero-order valence-corrected chi connectivity index (χ0v) is 13.0. The van der Waals surface area contributed by atoms with Crippen molar-refractivity contribution in [1.29, 1.82) is 0 Å². The van der Waals surface area contributed by atoms with E-state index in [2.05, 4.69) is 0 Å². The molecule has 2 rings (SSSR count). The molecule has 0 aromatic heterocycles. The number of carbonyl (C=O) groups is 3. The van der Waals surface area contributed by atoms with E-state index in [0.717, 1.165) is 11.3 Å². The highest BCUT2D eigenvalue weighted by Gasteiger charge is 2.38. The molecule has 0 saturated carbocycles. The van der Waals surface area contributed by atoms with Crippen LogP contribution < -0.4 is 4.74 Å². The largest absolute Gasteiger partial charge is 0.497 e. The van der Waals surface area contributed by atoms with Gasteiger partial charge in [0.15, 0.2) is 0 Å². The summed E-state index contributed by atoms with van der Waals surface area (Å²) >= 11 is 0. The van der Waals surface area contributed by atoms with E-state index in [-0.39, 0.29) is 30.6 Å². The first-order valence-corrected chi connectivity index (χ1v) is 7.09. The first kappa shape index (κ1) is 16.0. The van der Waals surface area contributed by atoms with Crippen LogP contribution in [0.25, 0.3) is 0 Å². The maximum atomic E-state index is 12.3. The maximum Gasteiger partial charge on any atom is 0.246 e. The van der Waals surface area contributed by atoms with Crippen LogP contribution in [-0.2, 0) is 20.9 Å². The molecule has 1 atom stereocenters. The molecule has 118 valence electrons. The van der Waals surface area contributed by atoms with Gasteiger partial charge in [0.25, 0.3) is 0 Å². The minimum absolute atomic E-state index is 0.0450. The lowest BCUT2D eigenvalue weighted by Gasteiger charge is -2.38. The zero-order chi connectivity index (χ0) is 16.3. The van der Waals surface area contributed by atoms with Gasteiger partial charge in [0.2, 0.25) is 11.8 Å². The highest BCUT2D eigenvalue weighted by Crippen LogP contribution is 2.20. The third kappa shape index (κ3) is 3.44. The van der Waals surface area contributed by atoms with Crippen molar-refractivity contribution in [2.75, 3.05) is 20.7 Å². The quantitative estimate of drug-likeness (QED) is 0.808. The highest BCUT2D eigenvalue weighted by molar-refractivity contribution is 5.97. The van der Waals surface area contributed by atoms with Crippen LogP contribution in [0.3, 0.4) is 0 Å². The molecule has 0 N–H and O–H groups in total. The van der Waals surface area contributed by atoms with E-state index in [0.29, 0.717) is 6.54 Å². The zero-order valence-electron chi connectivity index (χ0n) is 13.0. The monoisotopic (exact) mass is 304 g/mol. The Morgan fingerprint density at radius 3 is 2.45 bits per heavy atom. The average Bonchev–Trinajstić information content (AvgIpc) is 2.48. The molecule has 1 aromatic carbocycles. The van der Waals surface area contributed by atoms with Crippen LogP contribution in [0, 0.1) is 0 Å². The number of Topliss-reactive ketones (excluding diaryl/α,β-unsaturated/α-hetero) is 1. The average molecular weight is 304 g/mol. The Bertz CT molecular complexity index is 582. The topological polar surface area (TPSA) is 66.9 Å². The number of rotatable bonds is 5. The van der Waals surface area contributed by atoms with E-state index in [9.17, 15) is 14.4 Å². The van der Waals surface area contributed by atoms with Crippen molar-refractivity contribution in [2.45, 2.75) is 25.9 Å². The van der Waals surface area contributed by atoms with E-state index in [1.807, 2.05) is 12.1 Å². The lowest BCUT2D eigenvalue weighted by molar-refractivity contribution is -0.156. The Kier molecular flexibility index (Phi) is 4.80. The molecular formula is C16H20N2O4. The lowest BCUT2D eigenvalue weighted by Crippen LogP contribution is -2.58. The second-order valence-corrected chi connectivity index (χ2v) is 5.49. The number of methoxy groups -OCH3 is 1. The van der Waals surface area contributed by atoms with Crippen LogP contribution in [0.1, 0.15) is 18.9 Å². The minimum Gasteiger partial charge on any atom is -0.497 e. The molecule has 1 saturated heterocycles. The van der Waals surface area contributed by atoms with Crippen LogP contribution in [-0.4, -0.2) is 54.1 Å². The van der Waals surface area contributed by atoms with Crippen molar-refractivity contribution in [3.63, 3.8) is 0 Å². The number of ketones is 1. The minimum atomic E-state index is -0.717. The molecule has 1 aliphatic heterocycles. The number of hydrogen-bond acceptors (Lipinski definition) is 4. The molecule has 6 heteroatoms. The third-order valence-corrected chi connectivity index (χ3v) is 3.72. The molecule has 22 heavy (non-hydrogen) atoms. The number of piperazine rings is 1. The first-order valence-electron chi connectivity index (χ1n) is 7.09. The molecule has 1 unspecified atom stereocenters. The van der Waals surface area contributed by atoms with Gasteiger partial charge in [0.05, 0.1) is 13.7 Å². The molecule has 0 spiro atoms. The Labute approximate surface area is 129 Å². The van der Waals surface area contributed by atoms with Gasteiger partial charge in [-0.1, -0.05) is 12.1 Å². The molecule has 2 amide bonds. The fraction of sp³-hybridized carbons (Fsp3) is 0.438.